The fourth-order valence-corrected chi connectivity index (χ4v) is 2.08. The molecule has 1 nitrogen and oxygen atoms in total. The van der Waals surface area contributed by atoms with Crippen molar-refractivity contribution in [1.29, 1.82) is 0 Å². The Bertz CT molecular complexity index is 448. The van der Waals surface area contributed by atoms with Crippen LogP contribution < -0.4 is 4.90 Å². The van der Waals surface area contributed by atoms with Crippen molar-refractivity contribution in [2.75, 3.05) is 4.90 Å². The van der Waals surface area contributed by atoms with Crippen LogP contribution in [0, 0.1) is 0 Å². The van der Waals surface area contributed by atoms with Gasteiger partial charge in [0.15, 0.2) is 0 Å². The van der Waals surface area contributed by atoms with Gasteiger partial charge in [0.1, 0.15) is 0 Å². The molecule has 0 unspecified atom stereocenters. The van der Waals surface area contributed by atoms with Crippen LogP contribution in [-0.4, -0.2) is 4.71 Å². The SMILES string of the molecule is [Au].[S-]C([S-])N(Cc1ccccc1)c1ccccc1. The third-order valence-corrected chi connectivity index (χ3v) is 3.05. The number of hydrogen-bond acceptors (Lipinski definition) is 3. The zero-order valence-corrected chi connectivity index (χ0v) is 13.4. The van der Waals surface area contributed by atoms with E-state index in [1.165, 1.54) is 5.56 Å². The summed E-state index contributed by atoms with van der Waals surface area (Å²) >= 11 is 10.4. The fraction of sp³-hybridized carbons (Fsp3) is 0.143. The molecule has 0 saturated heterocycles. The molecule has 0 aliphatic rings. The first-order valence-electron chi connectivity index (χ1n) is 5.44. The van der Waals surface area contributed by atoms with Crippen molar-refractivity contribution >= 4 is 30.9 Å². The van der Waals surface area contributed by atoms with E-state index < -0.39 is 0 Å². The number of nitrogens with zero attached hydrogens (tertiary/aromatic N) is 1. The molecule has 0 saturated carbocycles. The summed E-state index contributed by atoms with van der Waals surface area (Å²) in [5, 5.41) is 0. The van der Waals surface area contributed by atoms with Crippen molar-refractivity contribution in [2.45, 2.75) is 11.3 Å². The number of benzene rings is 2. The van der Waals surface area contributed by atoms with Crippen molar-refractivity contribution in [2.24, 2.45) is 0 Å². The van der Waals surface area contributed by atoms with Crippen LogP contribution in [0.4, 0.5) is 5.69 Å². The van der Waals surface area contributed by atoms with Crippen LogP contribution in [0.3, 0.4) is 0 Å². The fourth-order valence-electron chi connectivity index (χ4n) is 1.69. The van der Waals surface area contributed by atoms with Crippen molar-refractivity contribution in [3.05, 3.63) is 66.2 Å². The third-order valence-electron chi connectivity index (χ3n) is 2.54. The second-order valence-electron chi connectivity index (χ2n) is 3.76. The molecule has 0 aromatic heterocycles. The van der Waals surface area contributed by atoms with E-state index in [1.54, 1.807) is 0 Å². The number of para-hydroxylation sites is 1. The van der Waals surface area contributed by atoms with Crippen molar-refractivity contribution < 1.29 is 22.4 Å². The predicted molar refractivity (Wildman–Crippen MR) is 77.6 cm³/mol. The Morgan fingerprint density at radius 2 is 1.33 bits per heavy atom. The van der Waals surface area contributed by atoms with Gasteiger partial charge in [-0.3, -0.25) is 0 Å². The zero-order chi connectivity index (χ0) is 12.1. The van der Waals surface area contributed by atoms with Crippen LogP contribution in [0.25, 0.3) is 0 Å². The molecule has 0 aliphatic heterocycles. The van der Waals surface area contributed by atoms with Crippen LogP contribution in [0.1, 0.15) is 5.56 Å². The maximum Gasteiger partial charge on any atom is 0.0387 e. The van der Waals surface area contributed by atoms with Crippen LogP contribution >= 0.6 is 0 Å². The molecule has 0 bridgehead atoms. The van der Waals surface area contributed by atoms with Gasteiger partial charge in [-0.25, -0.2) is 4.71 Å². The number of hydrogen-bond donors (Lipinski definition) is 0. The van der Waals surface area contributed by atoms with Crippen LogP contribution in [-0.2, 0) is 54.2 Å². The molecule has 2 aromatic carbocycles. The summed E-state index contributed by atoms with van der Waals surface area (Å²) in [5.41, 5.74) is 2.29. The van der Waals surface area contributed by atoms with Gasteiger partial charge in [-0.2, -0.15) is 0 Å². The number of rotatable bonds is 4. The normalized spacial score (nSPS) is 9.94. The maximum atomic E-state index is 5.22. The van der Waals surface area contributed by atoms with Crippen LogP contribution in [0.2, 0.25) is 0 Å². The standard InChI is InChI=1S/C14H15NS2.Au/c16-14(17)15(13-9-5-2-6-10-13)11-12-7-3-1-4-8-12;/h1-10,14,16-17H,11H2;/p-2. The van der Waals surface area contributed by atoms with E-state index in [0.717, 1.165) is 12.2 Å². The molecule has 0 amide bonds. The Morgan fingerprint density at radius 1 is 0.833 bits per heavy atom. The first-order valence-corrected chi connectivity index (χ1v) is 6.39. The van der Waals surface area contributed by atoms with Gasteiger partial charge in [-0.05, 0) is 17.7 Å². The topological polar surface area (TPSA) is 3.24 Å². The van der Waals surface area contributed by atoms with Crippen LogP contribution in [0.15, 0.2) is 60.7 Å². The Kier molecular flexibility index (Phi) is 6.97. The molecule has 0 aliphatic carbocycles. The summed E-state index contributed by atoms with van der Waals surface area (Å²) in [6.07, 6.45) is 0. The van der Waals surface area contributed by atoms with Crippen molar-refractivity contribution in [3.63, 3.8) is 0 Å². The summed E-state index contributed by atoms with van der Waals surface area (Å²) in [6.45, 7) is 0.753. The second-order valence-corrected chi connectivity index (χ2v) is 4.95. The quantitative estimate of drug-likeness (QED) is 0.515. The van der Waals surface area contributed by atoms with Gasteiger partial charge in [-0.1, -0.05) is 48.5 Å². The summed E-state index contributed by atoms with van der Waals surface area (Å²) in [6, 6.07) is 20.3. The molecule has 0 atom stereocenters. The van der Waals surface area contributed by atoms with E-state index in [4.69, 9.17) is 25.3 Å². The average molecular weight is 456 g/mol. The minimum Gasteiger partial charge on any atom is -0.794 e. The van der Waals surface area contributed by atoms with Crippen molar-refractivity contribution in [1.82, 2.24) is 0 Å². The van der Waals surface area contributed by atoms with Gasteiger partial charge in [0.2, 0.25) is 0 Å². The molecule has 18 heavy (non-hydrogen) atoms. The second kappa shape index (κ2) is 7.97. The first kappa shape index (κ1) is 15.7. The van der Waals surface area contributed by atoms with Crippen LogP contribution in [0.5, 0.6) is 0 Å². The zero-order valence-electron chi connectivity index (χ0n) is 9.62. The molecule has 0 heterocycles. The van der Waals surface area contributed by atoms with E-state index in [0.29, 0.717) is 0 Å². The molecular weight excluding hydrogens is 443 g/mol. The van der Waals surface area contributed by atoms with E-state index >= 15 is 0 Å². The Labute approximate surface area is 135 Å². The largest absolute Gasteiger partial charge is 0.794 e. The molecule has 0 spiro atoms. The number of anilines is 1. The summed E-state index contributed by atoms with van der Waals surface area (Å²) in [4.78, 5) is 2.04. The van der Waals surface area contributed by atoms with E-state index in [-0.39, 0.29) is 27.1 Å². The summed E-state index contributed by atoms with van der Waals surface area (Å²) in [5.74, 6) is 0. The Balaban J connectivity index is 0.00000162. The predicted octanol–water partition coefficient (Wildman–Crippen LogP) is 3.07. The Morgan fingerprint density at radius 3 is 1.83 bits per heavy atom. The van der Waals surface area contributed by atoms with E-state index in [2.05, 4.69) is 12.1 Å². The van der Waals surface area contributed by atoms with E-state index in [1.807, 2.05) is 53.4 Å². The van der Waals surface area contributed by atoms with Gasteiger partial charge in [0, 0.05) is 34.6 Å². The first-order chi connectivity index (χ1) is 8.27. The molecule has 2 aromatic rings. The minimum atomic E-state index is -0.336. The molecule has 1 radical (unpaired) electrons. The van der Waals surface area contributed by atoms with Gasteiger partial charge in [-0.15, -0.1) is 0 Å². The van der Waals surface area contributed by atoms with Gasteiger partial charge in [0.05, 0.1) is 0 Å². The van der Waals surface area contributed by atoms with Crippen molar-refractivity contribution in [3.8, 4) is 0 Å². The third kappa shape index (κ3) is 4.41. The Hall–Kier alpha value is -0.320. The summed E-state index contributed by atoms with van der Waals surface area (Å²) < 4.78 is -0.336. The van der Waals surface area contributed by atoms with E-state index in [9.17, 15) is 0 Å². The molecule has 4 heteroatoms. The average Bonchev–Trinajstić information content (AvgIpc) is 2.38. The van der Waals surface area contributed by atoms with Gasteiger partial charge >= 0.3 is 0 Å². The summed E-state index contributed by atoms with van der Waals surface area (Å²) in [7, 11) is 0. The monoisotopic (exact) mass is 456 g/mol. The van der Waals surface area contributed by atoms with Gasteiger partial charge < -0.3 is 30.2 Å². The molecule has 2 rings (SSSR count). The molecular formula is C14H13AuNS2-2. The molecule has 0 N–H and O–H groups in total. The van der Waals surface area contributed by atoms with Gasteiger partial charge in [0.25, 0.3) is 0 Å². The molecule has 0 fully saturated rings. The molecule has 99 valence electrons. The minimum absolute atomic E-state index is 0. The maximum absolute atomic E-state index is 5.22. The smallest absolute Gasteiger partial charge is 0.0387 e.